The number of hydrogen-bond donors (Lipinski definition) is 1. The van der Waals surface area contributed by atoms with Crippen LogP contribution in [-0.4, -0.2) is 23.2 Å². The lowest BCUT2D eigenvalue weighted by Crippen LogP contribution is -2.41. The predicted molar refractivity (Wildman–Crippen MR) is 70.5 cm³/mol. The molecule has 0 saturated carbocycles. The Morgan fingerprint density at radius 1 is 1.12 bits per heavy atom. The number of rotatable bonds is 7. The summed E-state index contributed by atoms with van der Waals surface area (Å²) in [5, 5.41) is 1.17. The molecular formula is C13H28N2O2. The first-order chi connectivity index (χ1) is 7.87. The summed E-state index contributed by atoms with van der Waals surface area (Å²) in [4.78, 5) is 11.5. The molecule has 0 aliphatic carbocycles. The molecule has 0 heterocycles. The second kappa shape index (κ2) is 8.34. The van der Waals surface area contributed by atoms with E-state index in [-0.39, 0.29) is 0 Å². The highest BCUT2D eigenvalue weighted by atomic mass is 16.6. The summed E-state index contributed by atoms with van der Waals surface area (Å²) in [7, 11) is 0. The summed E-state index contributed by atoms with van der Waals surface area (Å²) in [6, 6.07) is 0. The number of unbranched alkanes of at least 4 members (excludes halogenated alkanes) is 5. The Labute approximate surface area is 105 Å². The number of ether oxygens (including phenoxy) is 1. The number of hydrazine groups is 1. The SMILES string of the molecule is CCCCCCCCN(N)C(=O)OC(C)(C)C. The van der Waals surface area contributed by atoms with Gasteiger partial charge in [-0.1, -0.05) is 39.0 Å². The molecule has 102 valence electrons. The third-order valence-electron chi connectivity index (χ3n) is 2.38. The molecule has 1 amide bonds. The molecule has 2 N–H and O–H groups in total. The van der Waals surface area contributed by atoms with Crippen molar-refractivity contribution in [3.05, 3.63) is 0 Å². The van der Waals surface area contributed by atoms with Gasteiger partial charge in [-0.15, -0.1) is 0 Å². The second-order valence-corrected chi connectivity index (χ2v) is 5.44. The summed E-state index contributed by atoms with van der Waals surface area (Å²) in [5.41, 5.74) is -0.476. The largest absolute Gasteiger partial charge is 0.443 e. The number of hydrogen-bond acceptors (Lipinski definition) is 3. The first kappa shape index (κ1) is 16.2. The van der Waals surface area contributed by atoms with E-state index in [9.17, 15) is 4.79 Å². The monoisotopic (exact) mass is 244 g/mol. The molecule has 0 aromatic rings. The van der Waals surface area contributed by atoms with Gasteiger partial charge in [-0.3, -0.25) is 0 Å². The average molecular weight is 244 g/mol. The molecule has 4 nitrogen and oxygen atoms in total. The number of nitrogens with two attached hydrogens (primary N) is 1. The van der Waals surface area contributed by atoms with Crippen LogP contribution in [0.2, 0.25) is 0 Å². The van der Waals surface area contributed by atoms with Crippen molar-refractivity contribution in [2.24, 2.45) is 5.84 Å². The number of carbonyl (C=O) groups excluding carboxylic acids is 1. The maximum absolute atomic E-state index is 11.5. The van der Waals surface area contributed by atoms with Gasteiger partial charge in [-0.05, 0) is 27.2 Å². The van der Waals surface area contributed by atoms with Crippen molar-refractivity contribution in [1.29, 1.82) is 0 Å². The Morgan fingerprint density at radius 2 is 1.65 bits per heavy atom. The molecule has 17 heavy (non-hydrogen) atoms. The van der Waals surface area contributed by atoms with Crippen LogP contribution in [0.1, 0.15) is 66.2 Å². The highest BCUT2D eigenvalue weighted by Gasteiger charge is 2.19. The second-order valence-electron chi connectivity index (χ2n) is 5.44. The van der Waals surface area contributed by atoms with Gasteiger partial charge in [0.15, 0.2) is 0 Å². The van der Waals surface area contributed by atoms with Crippen LogP contribution in [-0.2, 0) is 4.74 Å². The summed E-state index contributed by atoms with van der Waals surface area (Å²) in [6.45, 7) is 8.28. The van der Waals surface area contributed by atoms with Gasteiger partial charge in [-0.2, -0.15) is 0 Å². The smallest absolute Gasteiger partial charge is 0.424 e. The summed E-state index contributed by atoms with van der Waals surface area (Å²) in [6.07, 6.45) is 6.66. The zero-order chi connectivity index (χ0) is 13.3. The van der Waals surface area contributed by atoms with Gasteiger partial charge in [0.1, 0.15) is 5.60 Å². The molecule has 0 bridgehead atoms. The van der Waals surface area contributed by atoms with E-state index < -0.39 is 11.7 Å². The Bertz CT molecular complexity index is 212. The number of amides is 1. The van der Waals surface area contributed by atoms with Gasteiger partial charge in [0.05, 0.1) is 0 Å². The fourth-order valence-corrected chi connectivity index (χ4v) is 1.47. The fraction of sp³-hybridized carbons (Fsp3) is 0.923. The molecule has 0 rings (SSSR count). The van der Waals surface area contributed by atoms with E-state index in [1.165, 1.54) is 30.7 Å². The molecule has 0 fully saturated rings. The van der Waals surface area contributed by atoms with Crippen molar-refractivity contribution in [2.45, 2.75) is 71.8 Å². The van der Waals surface area contributed by atoms with Gasteiger partial charge >= 0.3 is 6.09 Å². The van der Waals surface area contributed by atoms with Crippen molar-refractivity contribution >= 4 is 6.09 Å². The van der Waals surface area contributed by atoms with Gasteiger partial charge < -0.3 is 4.74 Å². The van der Waals surface area contributed by atoms with E-state index in [1.54, 1.807) is 0 Å². The minimum atomic E-state index is -0.476. The molecule has 0 unspecified atom stereocenters. The molecule has 0 aliphatic heterocycles. The quantitative estimate of drug-likeness (QED) is 0.323. The summed E-state index contributed by atoms with van der Waals surface area (Å²) >= 11 is 0. The maximum Gasteiger partial charge on any atom is 0.424 e. The Hall–Kier alpha value is -0.770. The highest BCUT2D eigenvalue weighted by molar-refractivity contribution is 5.67. The topological polar surface area (TPSA) is 55.6 Å². The summed E-state index contributed by atoms with van der Waals surface area (Å²) < 4.78 is 5.16. The lowest BCUT2D eigenvalue weighted by atomic mass is 10.1. The van der Waals surface area contributed by atoms with Crippen molar-refractivity contribution in [1.82, 2.24) is 5.01 Å². The number of carbonyl (C=O) groups is 1. The van der Waals surface area contributed by atoms with Crippen molar-refractivity contribution in [3.8, 4) is 0 Å². The number of nitrogens with zero attached hydrogens (tertiary/aromatic N) is 1. The van der Waals surface area contributed by atoms with E-state index in [2.05, 4.69) is 6.92 Å². The maximum atomic E-state index is 11.5. The normalized spacial score (nSPS) is 11.4. The van der Waals surface area contributed by atoms with Crippen LogP contribution < -0.4 is 5.84 Å². The minimum absolute atomic E-state index is 0.439. The first-order valence-corrected chi connectivity index (χ1v) is 6.62. The predicted octanol–water partition coefficient (Wildman–Crippen LogP) is 3.46. The van der Waals surface area contributed by atoms with Gasteiger partial charge in [0, 0.05) is 6.54 Å². The van der Waals surface area contributed by atoms with E-state index in [4.69, 9.17) is 10.6 Å². The zero-order valence-electron chi connectivity index (χ0n) is 11.8. The Morgan fingerprint density at radius 3 is 2.18 bits per heavy atom. The molecule has 0 aliphatic rings. The van der Waals surface area contributed by atoms with Crippen molar-refractivity contribution in [3.63, 3.8) is 0 Å². The van der Waals surface area contributed by atoms with Crippen LogP contribution in [0.4, 0.5) is 4.79 Å². The lowest BCUT2D eigenvalue weighted by Gasteiger charge is -2.24. The average Bonchev–Trinajstić information content (AvgIpc) is 2.20. The highest BCUT2D eigenvalue weighted by Crippen LogP contribution is 2.09. The van der Waals surface area contributed by atoms with Gasteiger partial charge in [-0.25, -0.2) is 15.6 Å². The lowest BCUT2D eigenvalue weighted by molar-refractivity contribution is 0.0244. The molecule has 0 aromatic heterocycles. The van der Waals surface area contributed by atoms with Crippen LogP contribution in [0.3, 0.4) is 0 Å². The minimum Gasteiger partial charge on any atom is -0.443 e. The van der Waals surface area contributed by atoms with Crippen molar-refractivity contribution < 1.29 is 9.53 Å². The first-order valence-electron chi connectivity index (χ1n) is 6.62. The molecule has 0 spiro atoms. The summed E-state index contributed by atoms with van der Waals surface area (Å²) in [5.74, 6) is 5.62. The van der Waals surface area contributed by atoms with E-state index in [0.717, 1.165) is 12.8 Å². The van der Waals surface area contributed by atoms with Crippen LogP contribution in [0.15, 0.2) is 0 Å². The van der Waals surface area contributed by atoms with Crippen LogP contribution >= 0.6 is 0 Å². The van der Waals surface area contributed by atoms with Crippen LogP contribution in [0.5, 0.6) is 0 Å². The third-order valence-corrected chi connectivity index (χ3v) is 2.38. The molecule has 4 heteroatoms. The molecule has 0 atom stereocenters. The zero-order valence-corrected chi connectivity index (χ0v) is 11.8. The Balaban J connectivity index is 3.58. The molecular weight excluding hydrogens is 216 g/mol. The van der Waals surface area contributed by atoms with Crippen LogP contribution in [0, 0.1) is 0 Å². The Kier molecular flexibility index (Phi) is 7.96. The molecule has 0 saturated heterocycles. The van der Waals surface area contributed by atoms with Gasteiger partial charge in [0.25, 0.3) is 0 Å². The third kappa shape index (κ3) is 10.1. The fourth-order valence-electron chi connectivity index (χ4n) is 1.47. The van der Waals surface area contributed by atoms with Gasteiger partial charge in [0.2, 0.25) is 0 Å². The van der Waals surface area contributed by atoms with E-state index in [0.29, 0.717) is 6.54 Å². The van der Waals surface area contributed by atoms with E-state index in [1.807, 2.05) is 20.8 Å². The van der Waals surface area contributed by atoms with Crippen LogP contribution in [0.25, 0.3) is 0 Å². The molecule has 0 aromatic carbocycles. The van der Waals surface area contributed by atoms with Crippen molar-refractivity contribution in [2.75, 3.05) is 6.54 Å². The standard InChI is InChI=1S/C13H28N2O2/c1-5-6-7-8-9-10-11-15(14)12(16)17-13(2,3)4/h5-11,14H2,1-4H3. The molecule has 0 radical (unpaired) electrons. The van der Waals surface area contributed by atoms with E-state index >= 15 is 0 Å².